The molecular weight excluding hydrogens is 314 g/mol. The Balaban J connectivity index is 2.19. The van der Waals surface area contributed by atoms with Crippen LogP contribution in [-0.4, -0.2) is 23.5 Å². The Morgan fingerprint density at radius 2 is 1.48 bits per heavy atom. The molecular formula is C21H25NO3. The number of rotatable bonds is 6. The molecule has 132 valence electrons. The first-order valence-electron chi connectivity index (χ1n) is 8.32. The number of carbonyl (C=O) groups is 2. The minimum atomic E-state index is -1.18. The molecule has 0 saturated heterocycles. The van der Waals surface area contributed by atoms with E-state index in [1.165, 1.54) is 0 Å². The molecule has 0 aliphatic heterocycles. The molecule has 0 aliphatic rings. The van der Waals surface area contributed by atoms with Crippen molar-refractivity contribution in [2.45, 2.75) is 38.5 Å². The second-order valence-corrected chi connectivity index (χ2v) is 7.18. The van der Waals surface area contributed by atoms with Crippen LogP contribution in [0.1, 0.15) is 37.5 Å². The molecule has 0 spiro atoms. The van der Waals surface area contributed by atoms with Crippen molar-refractivity contribution >= 4 is 11.9 Å². The van der Waals surface area contributed by atoms with Gasteiger partial charge in [0.1, 0.15) is 5.41 Å². The van der Waals surface area contributed by atoms with Gasteiger partial charge in [-0.25, -0.2) is 0 Å². The zero-order valence-corrected chi connectivity index (χ0v) is 15.2. The molecule has 4 nitrogen and oxygen atoms in total. The van der Waals surface area contributed by atoms with Crippen molar-refractivity contribution in [2.75, 3.05) is 6.54 Å². The Hall–Kier alpha value is -2.62. The summed E-state index contributed by atoms with van der Waals surface area (Å²) in [6.45, 7) is 7.33. The van der Waals surface area contributed by atoms with E-state index in [-0.39, 0.29) is 12.5 Å². The van der Waals surface area contributed by atoms with Crippen LogP contribution in [0, 0.1) is 6.92 Å². The van der Waals surface area contributed by atoms with E-state index in [0.717, 1.165) is 11.1 Å². The number of aliphatic carboxylic acids is 1. The van der Waals surface area contributed by atoms with E-state index >= 15 is 0 Å². The lowest BCUT2D eigenvalue weighted by atomic mass is 9.80. The fraction of sp³-hybridized carbons (Fsp3) is 0.333. The molecule has 1 atom stereocenters. The predicted molar refractivity (Wildman–Crippen MR) is 98.6 cm³/mol. The lowest BCUT2D eigenvalue weighted by molar-refractivity contribution is -0.143. The Kier molecular flexibility index (Phi) is 5.31. The minimum absolute atomic E-state index is 0.0282. The van der Waals surface area contributed by atoms with E-state index in [4.69, 9.17) is 0 Å². The third-order valence-electron chi connectivity index (χ3n) is 4.83. The minimum Gasteiger partial charge on any atom is -0.481 e. The van der Waals surface area contributed by atoms with E-state index < -0.39 is 16.8 Å². The number of carboxylic acids is 1. The second-order valence-electron chi connectivity index (χ2n) is 7.18. The average molecular weight is 339 g/mol. The summed E-state index contributed by atoms with van der Waals surface area (Å²) in [4.78, 5) is 24.6. The fourth-order valence-corrected chi connectivity index (χ4v) is 2.69. The third-order valence-corrected chi connectivity index (χ3v) is 4.83. The van der Waals surface area contributed by atoms with Gasteiger partial charge in [0.25, 0.3) is 0 Å². The standard InChI is InChI=1S/C21H25NO3/c1-15-10-12-16(13-11-15)20(2,3)18(23)22-14-21(4,19(24)25)17-8-6-5-7-9-17/h5-13H,14H2,1-4H3,(H,22,23)(H,24,25). The summed E-state index contributed by atoms with van der Waals surface area (Å²) < 4.78 is 0. The molecule has 1 amide bonds. The zero-order valence-electron chi connectivity index (χ0n) is 15.2. The van der Waals surface area contributed by atoms with E-state index in [1.54, 1.807) is 31.2 Å². The van der Waals surface area contributed by atoms with Gasteiger partial charge in [-0.05, 0) is 38.8 Å². The van der Waals surface area contributed by atoms with Crippen LogP contribution >= 0.6 is 0 Å². The Morgan fingerprint density at radius 3 is 2.00 bits per heavy atom. The second kappa shape index (κ2) is 7.09. The van der Waals surface area contributed by atoms with Crippen LogP contribution in [0.25, 0.3) is 0 Å². The van der Waals surface area contributed by atoms with E-state index in [9.17, 15) is 14.7 Å². The number of carbonyl (C=O) groups excluding carboxylic acids is 1. The number of hydrogen-bond donors (Lipinski definition) is 2. The van der Waals surface area contributed by atoms with Crippen LogP contribution in [-0.2, 0) is 20.4 Å². The summed E-state index contributed by atoms with van der Waals surface area (Å²) in [5.41, 5.74) is 0.759. The predicted octanol–water partition coefficient (Wildman–Crippen LogP) is 3.43. The maximum Gasteiger partial charge on any atom is 0.315 e. The lowest BCUT2D eigenvalue weighted by Gasteiger charge is -2.29. The normalized spacial score (nSPS) is 13.8. The van der Waals surface area contributed by atoms with Gasteiger partial charge >= 0.3 is 5.97 Å². The van der Waals surface area contributed by atoms with Gasteiger partial charge in [0.15, 0.2) is 0 Å². The van der Waals surface area contributed by atoms with Gasteiger partial charge in [-0.15, -0.1) is 0 Å². The van der Waals surface area contributed by atoms with Crippen molar-refractivity contribution in [3.05, 3.63) is 71.3 Å². The van der Waals surface area contributed by atoms with Crippen molar-refractivity contribution in [2.24, 2.45) is 0 Å². The molecule has 2 N–H and O–H groups in total. The third kappa shape index (κ3) is 3.90. The van der Waals surface area contributed by atoms with Crippen molar-refractivity contribution in [3.8, 4) is 0 Å². The van der Waals surface area contributed by atoms with Gasteiger partial charge in [-0.1, -0.05) is 60.2 Å². The monoisotopic (exact) mass is 339 g/mol. The average Bonchev–Trinajstić information content (AvgIpc) is 2.60. The lowest BCUT2D eigenvalue weighted by Crippen LogP contribution is -2.48. The summed E-state index contributed by atoms with van der Waals surface area (Å²) in [6, 6.07) is 16.8. The van der Waals surface area contributed by atoms with Crippen LogP contribution in [0.2, 0.25) is 0 Å². The molecule has 2 rings (SSSR count). The summed E-state index contributed by atoms with van der Waals surface area (Å²) >= 11 is 0. The Bertz CT molecular complexity index is 750. The van der Waals surface area contributed by atoms with Crippen LogP contribution < -0.4 is 5.32 Å². The highest BCUT2D eigenvalue weighted by Crippen LogP contribution is 2.26. The number of benzene rings is 2. The van der Waals surface area contributed by atoms with Crippen molar-refractivity contribution in [1.29, 1.82) is 0 Å². The molecule has 0 heterocycles. The van der Waals surface area contributed by atoms with Gasteiger partial charge in [0.2, 0.25) is 5.91 Å². The molecule has 0 radical (unpaired) electrons. The van der Waals surface area contributed by atoms with Gasteiger partial charge in [0, 0.05) is 6.54 Å². The van der Waals surface area contributed by atoms with Crippen LogP contribution in [0.5, 0.6) is 0 Å². The zero-order chi connectivity index (χ0) is 18.7. The molecule has 1 unspecified atom stereocenters. The topological polar surface area (TPSA) is 66.4 Å². The maximum absolute atomic E-state index is 12.7. The number of aryl methyl sites for hydroxylation is 1. The quantitative estimate of drug-likeness (QED) is 0.847. The van der Waals surface area contributed by atoms with Crippen molar-refractivity contribution < 1.29 is 14.7 Å². The molecule has 2 aromatic carbocycles. The molecule has 4 heteroatoms. The molecule has 0 aromatic heterocycles. The Morgan fingerprint density at radius 1 is 0.920 bits per heavy atom. The number of hydrogen-bond acceptors (Lipinski definition) is 2. The summed E-state index contributed by atoms with van der Waals surface area (Å²) in [7, 11) is 0. The molecule has 0 aliphatic carbocycles. The first-order valence-corrected chi connectivity index (χ1v) is 8.32. The fourth-order valence-electron chi connectivity index (χ4n) is 2.69. The SMILES string of the molecule is Cc1ccc(C(C)(C)C(=O)NCC(C)(C(=O)O)c2ccccc2)cc1. The van der Waals surface area contributed by atoms with Gasteiger partial charge in [-0.3, -0.25) is 9.59 Å². The highest BCUT2D eigenvalue weighted by molar-refractivity contribution is 5.89. The van der Waals surface area contributed by atoms with Gasteiger partial charge in [-0.2, -0.15) is 0 Å². The first kappa shape index (κ1) is 18.7. The molecule has 2 aromatic rings. The van der Waals surface area contributed by atoms with E-state index in [2.05, 4.69) is 5.32 Å². The van der Waals surface area contributed by atoms with Crippen LogP contribution in [0.4, 0.5) is 0 Å². The number of amides is 1. The maximum atomic E-state index is 12.7. The smallest absolute Gasteiger partial charge is 0.315 e. The summed E-state index contributed by atoms with van der Waals surface area (Å²) in [5, 5.41) is 12.5. The Labute approximate surface area is 148 Å². The van der Waals surface area contributed by atoms with Crippen molar-refractivity contribution in [1.82, 2.24) is 5.32 Å². The molecule has 0 bridgehead atoms. The van der Waals surface area contributed by atoms with Crippen molar-refractivity contribution in [3.63, 3.8) is 0 Å². The van der Waals surface area contributed by atoms with Crippen LogP contribution in [0.15, 0.2) is 54.6 Å². The highest BCUT2D eigenvalue weighted by Gasteiger charge is 2.37. The summed E-state index contributed by atoms with van der Waals surface area (Å²) in [6.07, 6.45) is 0. The molecule has 25 heavy (non-hydrogen) atoms. The summed E-state index contributed by atoms with van der Waals surface area (Å²) in [5.74, 6) is -1.16. The largest absolute Gasteiger partial charge is 0.481 e. The molecule has 0 fully saturated rings. The van der Waals surface area contributed by atoms with Crippen LogP contribution in [0.3, 0.4) is 0 Å². The van der Waals surface area contributed by atoms with Gasteiger partial charge in [0.05, 0.1) is 5.41 Å². The van der Waals surface area contributed by atoms with Gasteiger partial charge < -0.3 is 10.4 Å². The first-order chi connectivity index (χ1) is 11.7. The number of carboxylic acid groups (broad SMARTS) is 1. The van der Waals surface area contributed by atoms with E-state index in [1.807, 2.05) is 51.1 Å². The highest BCUT2D eigenvalue weighted by atomic mass is 16.4. The van der Waals surface area contributed by atoms with E-state index in [0.29, 0.717) is 5.56 Å². The number of nitrogens with one attached hydrogen (secondary N) is 1. The molecule has 0 saturated carbocycles.